The largest absolute Gasteiger partial charge is 0.497 e. The van der Waals surface area contributed by atoms with E-state index in [0.29, 0.717) is 38.8 Å². The lowest BCUT2D eigenvalue weighted by molar-refractivity contribution is 0.415. The molecule has 0 fully saturated rings. The van der Waals surface area contributed by atoms with E-state index in [4.69, 9.17) is 4.74 Å². The lowest BCUT2D eigenvalue weighted by Gasteiger charge is -2.11. The summed E-state index contributed by atoms with van der Waals surface area (Å²) < 4.78 is 23.1. The molecule has 32 heavy (non-hydrogen) atoms. The van der Waals surface area contributed by atoms with Crippen LogP contribution in [0.25, 0.3) is 22.0 Å². The number of thioether (sulfide) groups is 1. The first-order valence-electron chi connectivity index (χ1n) is 9.57. The number of rotatable bonds is 6. The van der Waals surface area contributed by atoms with Crippen LogP contribution in [0.5, 0.6) is 5.75 Å². The molecule has 0 unspecified atom stereocenters. The van der Waals surface area contributed by atoms with Crippen molar-refractivity contribution in [1.82, 2.24) is 24.1 Å². The Kier molecular flexibility index (Phi) is 5.46. The van der Waals surface area contributed by atoms with Crippen LogP contribution >= 0.6 is 23.1 Å². The van der Waals surface area contributed by atoms with Gasteiger partial charge in [0, 0.05) is 29.0 Å². The molecule has 5 rings (SSSR count). The van der Waals surface area contributed by atoms with E-state index < -0.39 is 0 Å². The molecule has 0 aliphatic rings. The number of ether oxygens (including phenoxy) is 1. The summed E-state index contributed by atoms with van der Waals surface area (Å²) in [4.78, 5) is 17.4. The molecule has 0 N–H and O–H groups in total. The van der Waals surface area contributed by atoms with Gasteiger partial charge in [0.15, 0.2) is 15.9 Å². The van der Waals surface area contributed by atoms with Crippen LogP contribution in [0.2, 0.25) is 0 Å². The molecule has 0 saturated heterocycles. The van der Waals surface area contributed by atoms with Crippen LogP contribution in [0.1, 0.15) is 5.69 Å². The number of aromatic nitrogens is 5. The maximum Gasteiger partial charge on any atom is 0.258 e. The summed E-state index contributed by atoms with van der Waals surface area (Å²) in [5.41, 5.74) is 1.59. The summed E-state index contributed by atoms with van der Waals surface area (Å²) in [6.45, 7) is 0. The van der Waals surface area contributed by atoms with Gasteiger partial charge in [-0.15, -0.1) is 21.5 Å². The maximum atomic E-state index is 14.7. The molecule has 0 aliphatic heterocycles. The molecule has 160 valence electrons. The van der Waals surface area contributed by atoms with Gasteiger partial charge < -0.3 is 4.74 Å². The van der Waals surface area contributed by atoms with Crippen molar-refractivity contribution in [2.75, 3.05) is 7.11 Å². The highest BCUT2D eigenvalue weighted by Gasteiger charge is 2.19. The minimum Gasteiger partial charge on any atom is -0.497 e. The summed E-state index contributed by atoms with van der Waals surface area (Å²) in [6.07, 6.45) is 1.70. The molecule has 0 bridgehead atoms. The van der Waals surface area contributed by atoms with Gasteiger partial charge >= 0.3 is 0 Å². The number of halogens is 1. The SMILES string of the molecule is COc1ccc(-c2nnc(SCc3cc(=O)n4ccsc4n3)n2-c2ccccc2F)cc1. The van der Waals surface area contributed by atoms with E-state index in [1.807, 2.05) is 29.6 Å². The Morgan fingerprint density at radius 2 is 1.94 bits per heavy atom. The fourth-order valence-corrected chi connectivity index (χ4v) is 4.82. The molecular weight excluding hydrogens is 449 g/mol. The van der Waals surface area contributed by atoms with Gasteiger partial charge in [0.25, 0.3) is 5.56 Å². The number of benzene rings is 2. The van der Waals surface area contributed by atoms with Gasteiger partial charge in [-0.2, -0.15) is 0 Å². The molecule has 7 nitrogen and oxygen atoms in total. The molecule has 0 saturated carbocycles. The second-order valence-electron chi connectivity index (χ2n) is 6.75. The Hall–Kier alpha value is -3.50. The van der Waals surface area contributed by atoms with E-state index in [0.717, 1.165) is 5.56 Å². The summed E-state index contributed by atoms with van der Waals surface area (Å²) in [6, 6.07) is 15.3. The number of para-hydroxylation sites is 1. The van der Waals surface area contributed by atoms with Crippen molar-refractivity contribution in [3.05, 3.63) is 88.0 Å². The van der Waals surface area contributed by atoms with Gasteiger partial charge in [0.2, 0.25) is 0 Å². The predicted molar refractivity (Wildman–Crippen MR) is 122 cm³/mol. The van der Waals surface area contributed by atoms with E-state index in [1.54, 1.807) is 36.1 Å². The van der Waals surface area contributed by atoms with Gasteiger partial charge in [0.05, 0.1) is 18.5 Å². The first kappa shape index (κ1) is 20.4. The molecule has 3 aromatic heterocycles. The number of nitrogens with zero attached hydrogens (tertiary/aromatic N) is 5. The van der Waals surface area contributed by atoms with Gasteiger partial charge in [0.1, 0.15) is 11.6 Å². The number of fused-ring (bicyclic) bond motifs is 1. The molecular formula is C22H16FN5O2S2. The second-order valence-corrected chi connectivity index (χ2v) is 8.57. The van der Waals surface area contributed by atoms with Crippen LogP contribution in [-0.4, -0.2) is 31.3 Å². The number of hydrogen-bond donors (Lipinski definition) is 0. The zero-order chi connectivity index (χ0) is 22.1. The molecule has 3 heterocycles. The van der Waals surface area contributed by atoms with Gasteiger partial charge in [-0.25, -0.2) is 9.37 Å². The lowest BCUT2D eigenvalue weighted by atomic mass is 10.2. The van der Waals surface area contributed by atoms with Crippen LogP contribution in [-0.2, 0) is 5.75 Å². The number of methoxy groups -OCH3 is 1. The zero-order valence-corrected chi connectivity index (χ0v) is 18.4. The van der Waals surface area contributed by atoms with E-state index in [1.165, 1.54) is 39.6 Å². The van der Waals surface area contributed by atoms with Gasteiger partial charge in [-0.3, -0.25) is 13.8 Å². The standard InChI is InChI=1S/C22H16FN5O2S2/c1-30-16-8-6-14(7-9-16)20-25-26-22(28(20)18-5-3-2-4-17(18)23)32-13-15-12-19(29)27-10-11-31-21(27)24-15/h2-12H,13H2,1H3. The van der Waals surface area contributed by atoms with Gasteiger partial charge in [-0.1, -0.05) is 23.9 Å². The molecule has 2 aromatic carbocycles. The molecule has 0 amide bonds. The molecule has 0 spiro atoms. The van der Waals surface area contributed by atoms with Crippen LogP contribution in [0, 0.1) is 5.82 Å². The van der Waals surface area contributed by atoms with Crippen molar-refractivity contribution >= 4 is 28.1 Å². The Bertz CT molecular complexity index is 1460. The van der Waals surface area contributed by atoms with Crippen molar-refractivity contribution in [3.8, 4) is 22.8 Å². The second kappa shape index (κ2) is 8.56. The molecule has 0 atom stereocenters. The normalized spacial score (nSPS) is 11.2. The van der Waals surface area contributed by atoms with Crippen molar-refractivity contribution in [2.45, 2.75) is 10.9 Å². The Labute approximate surface area is 190 Å². The smallest absolute Gasteiger partial charge is 0.258 e. The highest BCUT2D eigenvalue weighted by atomic mass is 32.2. The molecule has 5 aromatic rings. The third kappa shape index (κ3) is 3.78. The first-order chi connectivity index (χ1) is 15.6. The van der Waals surface area contributed by atoms with E-state index in [9.17, 15) is 9.18 Å². The molecule has 0 radical (unpaired) electrons. The number of thiazole rings is 1. The fraction of sp³-hybridized carbons (Fsp3) is 0.0909. The Morgan fingerprint density at radius 1 is 1.12 bits per heavy atom. The zero-order valence-electron chi connectivity index (χ0n) is 16.8. The first-order valence-corrected chi connectivity index (χ1v) is 11.4. The molecule has 0 aliphatic carbocycles. The summed E-state index contributed by atoms with van der Waals surface area (Å²) in [5.74, 6) is 1.21. The quantitative estimate of drug-likeness (QED) is 0.345. The van der Waals surface area contributed by atoms with Crippen LogP contribution < -0.4 is 10.3 Å². The van der Waals surface area contributed by atoms with Gasteiger partial charge in [-0.05, 0) is 36.4 Å². The van der Waals surface area contributed by atoms with E-state index in [2.05, 4.69) is 15.2 Å². The third-order valence-electron chi connectivity index (χ3n) is 4.78. The predicted octanol–water partition coefficient (Wildman–Crippen LogP) is 4.44. The minimum atomic E-state index is -0.389. The molecule has 10 heteroatoms. The van der Waals surface area contributed by atoms with E-state index in [-0.39, 0.29) is 11.4 Å². The average Bonchev–Trinajstić information content (AvgIpc) is 3.45. The van der Waals surface area contributed by atoms with Crippen LogP contribution in [0.3, 0.4) is 0 Å². The highest BCUT2D eigenvalue weighted by molar-refractivity contribution is 7.98. The maximum absolute atomic E-state index is 14.7. The lowest BCUT2D eigenvalue weighted by Crippen LogP contribution is -2.12. The summed E-state index contributed by atoms with van der Waals surface area (Å²) in [5, 5.41) is 11.0. The minimum absolute atomic E-state index is 0.138. The van der Waals surface area contributed by atoms with Crippen LogP contribution in [0.4, 0.5) is 4.39 Å². The average molecular weight is 466 g/mol. The van der Waals surface area contributed by atoms with Crippen molar-refractivity contribution in [1.29, 1.82) is 0 Å². The van der Waals surface area contributed by atoms with E-state index >= 15 is 0 Å². The topological polar surface area (TPSA) is 74.3 Å². The Morgan fingerprint density at radius 3 is 2.72 bits per heavy atom. The number of hydrogen-bond acceptors (Lipinski definition) is 7. The third-order valence-corrected chi connectivity index (χ3v) is 6.50. The summed E-state index contributed by atoms with van der Waals surface area (Å²) in [7, 11) is 1.60. The van der Waals surface area contributed by atoms with Crippen LogP contribution in [0.15, 0.2) is 76.1 Å². The van der Waals surface area contributed by atoms with Crippen molar-refractivity contribution in [2.24, 2.45) is 0 Å². The fourth-order valence-electron chi connectivity index (χ4n) is 3.24. The highest BCUT2D eigenvalue weighted by Crippen LogP contribution is 2.31. The van der Waals surface area contributed by atoms with Crippen molar-refractivity contribution in [3.63, 3.8) is 0 Å². The van der Waals surface area contributed by atoms with Crippen molar-refractivity contribution < 1.29 is 9.13 Å². The summed E-state index contributed by atoms with van der Waals surface area (Å²) >= 11 is 2.73. The monoisotopic (exact) mass is 465 g/mol. The Balaban J connectivity index is 1.54.